The normalized spacial score (nSPS) is 27.6. The van der Waals surface area contributed by atoms with E-state index in [0.29, 0.717) is 29.4 Å². The minimum atomic E-state index is -0.495. The number of hydrogen-bond donors (Lipinski definition) is 1. The minimum Gasteiger partial charge on any atom is -0.462 e. The number of rotatable bonds is 5. The van der Waals surface area contributed by atoms with Crippen molar-refractivity contribution < 1.29 is 14.3 Å². The first kappa shape index (κ1) is 20.4. The molecule has 4 aliphatic carbocycles. The first-order valence-electron chi connectivity index (χ1n) is 12.0. The lowest BCUT2D eigenvalue weighted by Crippen LogP contribution is -2.52. The van der Waals surface area contributed by atoms with Crippen LogP contribution in [0.15, 0.2) is 42.6 Å². The van der Waals surface area contributed by atoms with E-state index in [1.165, 1.54) is 25.5 Å². The maximum atomic E-state index is 13.8. The quantitative estimate of drug-likeness (QED) is 0.574. The molecule has 3 aromatic rings. The molecule has 0 saturated heterocycles. The monoisotopic (exact) mass is 444 g/mol. The maximum Gasteiger partial charge on any atom is 0.343 e. The summed E-state index contributed by atoms with van der Waals surface area (Å²) in [4.78, 5) is 31.2. The van der Waals surface area contributed by atoms with Gasteiger partial charge < -0.3 is 10.1 Å². The zero-order chi connectivity index (χ0) is 22.6. The van der Waals surface area contributed by atoms with Crippen molar-refractivity contribution in [1.29, 1.82) is 0 Å². The van der Waals surface area contributed by atoms with E-state index in [-0.39, 0.29) is 23.5 Å². The molecule has 1 N–H and O–H groups in total. The average Bonchev–Trinajstić information content (AvgIpc) is 3.21. The molecule has 33 heavy (non-hydrogen) atoms. The number of aromatic nitrogens is 3. The molecule has 0 radical (unpaired) electrons. The highest BCUT2D eigenvalue weighted by Crippen LogP contribution is 2.60. The fourth-order valence-electron chi connectivity index (χ4n) is 6.80. The van der Waals surface area contributed by atoms with Gasteiger partial charge in [-0.2, -0.15) is 9.78 Å². The second-order valence-corrected chi connectivity index (χ2v) is 10.1. The van der Waals surface area contributed by atoms with E-state index in [1.54, 1.807) is 11.6 Å². The Balaban J connectivity index is 1.38. The van der Waals surface area contributed by atoms with Crippen molar-refractivity contribution in [2.45, 2.75) is 45.4 Å². The van der Waals surface area contributed by atoms with Crippen LogP contribution in [0.2, 0.25) is 0 Å². The van der Waals surface area contributed by atoms with Gasteiger partial charge in [-0.05, 0) is 81.4 Å². The number of carbonyl (C=O) groups excluding carboxylic acids is 2. The van der Waals surface area contributed by atoms with Crippen LogP contribution in [0.3, 0.4) is 0 Å². The number of para-hydroxylation sites is 1. The van der Waals surface area contributed by atoms with Crippen LogP contribution in [0.1, 0.15) is 55.8 Å². The molecular formula is C26H28N4O3. The predicted octanol–water partition coefficient (Wildman–Crippen LogP) is 4.75. The number of anilines is 1. The van der Waals surface area contributed by atoms with Gasteiger partial charge in [-0.25, -0.2) is 9.78 Å². The Morgan fingerprint density at radius 3 is 2.45 bits per heavy atom. The molecule has 0 unspecified atom stereocenters. The van der Waals surface area contributed by atoms with Gasteiger partial charge in [0.2, 0.25) is 5.91 Å². The van der Waals surface area contributed by atoms with Crippen LogP contribution in [-0.4, -0.2) is 33.2 Å². The summed E-state index contributed by atoms with van der Waals surface area (Å²) in [6.45, 7) is 2.02. The molecule has 4 aliphatic rings. The number of nitrogens with zero attached hydrogens (tertiary/aromatic N) is 3. The van der Waals surface area contributed by atoms with E-state index in [1.807, 2.05) is 36.4 Å². The van der Waals surface area contributed by atoms with Gasteiger partial charge in [0.05, 0.1) is 23.7 Å². The molecular weight excluding hydrogens is 416 g/mol. The minimum absolute atomic E-state index is 0.00897. The van der Waals surface area contributed by atoms with Crippen molar-refractivity contribution in [2.24, 2.45) is 23.2 Å². The van der Waals surface area contributed by atoms with Crippen LogP contribution in [0, 0.1) is 23.2 Å². The van der Waals surface area contributed by atoms with Crippen molar-refractivity contribution in [1.82, 2.24) is 14.8 Å². The van der Waals surface area contributed by atoms with Crippen molar-refractivity contribution in [3.8, 4) is 5.82 Å². The summed E-state index contributed by atoms with van der Waals surface area (Å²) >= 11 is 0. The Kier molecular flexibility index (Phi) is 4.75. The van der Waals surface area contributed by atoms with Gasteiger partial charge >= 0.3 is 5.97 Å². The van der Waals surface area contributed by atoms with Gasteiger partial charge in [0.25, 0.3) is 0 Å². The highest BCUT2D eigenvalue weighted by Gasteiger charge is 2.54. The van der Waals surface area contributed by atoms with E-state index in [9.17, 15) is 9.59 Å². The number of esters is 1. The van der Waals surface area contributed by atoms with Crippen molar-refractivity contribution >= 4 is 28.6 Å². The van der Waals surface area contributed by atoms with Crippen LogP contribution in [-0.2, 0) is 9.53 Å². The third kappa shape index (κ3) is 3.41. The van der Waals surface area contributed by atoms with Crippen LogP contribution in [0.4, 0.5) is 5.82 Å². The summed E-state index contributed by atoms with van der Waals surface area (Å²) in [5, 5.41) is 8.57. The molecule has 4 fully saturated rings. The van der Waals surface area contributed by atoms with Crippen LogP contribution in [0.5, 0.6) is 0 Å². The summed E-state index contributed by atoms with van der Waals surface area (Å²) in [7, 11) is 0. The Morgan fingerprint density at radius 1 is 1.06 bits per heavy atom. The van der Waals surface area contributed by atoms with Gasteiger partial charge in [0, 0.05) is 5.39 Å². The highest BCUT2D eigenvalue weighted by molar-refractivity contribution is 6.02. The summed E-state index contributed by atoms with van der Waals surface area (Å²) in [5.41, 5.74) is 0.735. The second kappa shape index (κ2) is 7.68. The van der Waals surface area contributed by atoms with Crippen molar-refractivity contribution in [3.05, 3.63) is 48.2 Å². The molecule has 0 aliphatic heterocycles. The fourth-order valence-corrected chi connectivity index (χ4v) is 6.80. The first-order valence-corrected chi connectivity index (χ1v) is 12.0. The van der Waals surface area contributed by atoms with E-state index < -0.39 is 5.97 Å². The number of fused-ring (bicyclic) bond motifs is 1. The molecule has 1 amide bonds. The lowest BCUT2D eigenvalue weighted by Gasteiger charge is -2.55. The number of ether oxygens (including phenoxy) is 1. The topological polar surface area (TPSA) is 86.1 Å². The standard InChI is InChI=1S/C26H28N4O3/c1-2-33-24(31)20-15-27-30(22-8-7-19-5-3-4-6-21(19)28-22)23(20)29-25(32)26-12-16-9-17(13-26)11-18(10-16)14-26/h3-8,15-18H,2,9-14H2,1H3,(H,29,32). The second-order valence-electron chi connectivity index (χ2n) is 10.1. The van der Waals surface area contributed by atoms with Crippen molar-refractivity contribution in [2.75, 3.05) is 11.9 Å². The third-order valence-electron chi connectivity index (χ3n) is 7.82. The molecule has 4 bridgehead atoms. The fraction of sp³-hybridized carbons (Fsp3) is 0.462. The number of amides is 1. The molecule has 7 nitrogen and oxygen atoms in total. The molecule has 4 saturated carbocycles. The van der Waals surface area contributed by atoms with E-state index >= 15 is 0 Å². The number of pyridine rings is 1. The Morgan fingerprint density at radius 2 is 1.76 bits per heavy atom. The lowest BCUT2D eigenvalue weighted by molar-refractivity contribution is -0.140. The van der Waals surface area contributed by atoms with Crippen LogP contribution < -0.4 is 5.32 Å². The molecule has 7 heteroatoms. The highest BCUT2D eigenvalue weighted by atomic mass is 16.5. The summed E-state index contributed by atoms with van der Waals surface area (Å²) in [5.74, 6) is 2.36. The summed E-state index contributed by atoms with van der Waals surface area (Å²) < 4.78 is 6.81. The SMILES string of the molecule is CCOC(=O)c1cnn(-c2ccc3ccccc3n2)c1NC(=O)C12CC3CC(CC(C3)C1)C2. The summed E-state index contributed by atoms with van der Waals surface area (Å²) in [6.07, 6.45) is 8.09. The largest absolute Gasteiger partial charge is 0.462 e. The Bertz CT molecular complexity index is 1210. The van der Waals surface area contributed by atoms with Crippen LogP contribution in [0.25, 0.3) is 16.7 Å². The Labute approximate surface area is 192 Å². The molecule has 2 aromatic heterocycles. The smallest absolute Gasteiger partial charge is 0.343 e. The molecule has 1 aromatic carbocycles. The first-order chi connectivity index (χ1) is 16.0. The van der Waals surface area contributed by atoms with Gasteiger partial charge in [-0.15, -0.1) is 0 Å². The molecule has 0 spiro atoms. The van der Waals surface area contributed by atoms with Gasteiger partial charge in [-0.3, -0.25) is 4.79 Å². The van der Waals surface area contributed by atoms with Crippen LogP contribution >= 0.6 is 0 Å². The average molecular weight is 445 g/mol. The van der Waals surface area contributed by atoms with Gasteiger partial charge in [-0.1, -0.05) is 18.2 Å². The number of nitrogens with one attached hydrogen (secondary N) is 1. The number of benzene rings is 1. The van der Waals surface area contributed by atoms with Gasteiger partial charge in [0.1, 0.15) is 5.56 Å². The molecule has 7 rings (SSSR count). The zero-order valence-electron chi connectivity index (χ0n) is 18.8. The lowest BCUT2D eigenvalue weighted by atomic mass is 9.49. The molecule has 170 valence electrons. The number of hydrogen-bond acceptors (Lipinski definition) is 5. The zero-order valence-corrected chi connectivity index (χ0v) is 18.8. The van der Waals surface area contributed by atoms with E-state index in [4.69, 9.17) is 9.72 Å². The number of carbonyl (C=O) groups is 2. The maximum absolute atomic E-state index is 13.8. The third-order valence-corrected chi connectivity index (χ3v) is 7.82. The molecule has 2 heterocycles. The molecule has 0 atom stereocenters. The summed E-state index contributed by atoms with van der Waals surface area (Å²) in [6, 6.07) is 11.6. The van der Waals surface area contributed by atoms with E-state index in [0.717, 1.165) is 30.2 Å². The van der Waals surface area contributed by atoms with E-state index in [2.05, 4.69) is 10.4 Å². The van der Waals surface area contributed by atoms with Gasteiger partial charge in [0.15, 0.2) is 11.6 Å². The Hall–Kier alpha value is -3.22. The van der Waals surface area contributed by atoms with Crippen molar-refractivity contribution in [3.63, 3.8) is 0 Å². The predicted molar refractivity (Wildman–Crippen MR) is 124 cm³/mol.